The number of aldehydes is 1. The molecule has 0 aliphatic heterocycles. The second-order valence-electron chi connectivity index (χ2n) is 1.79. The number of aromatic nitrogens is 1. The fourth-order valence-corrected chi connectivity index (χ4v) is 0.621. The molecular formula is C6H5F2NO. The van der Waals surface area contributed by atoms with Gasteiger partial charge in [0.1, 0.15) is 0 Å². The molecule has 0 amide bonds. The highest BCUT2D eigenvalue weighted by Crippen LogP contribution is 2.10. The number of carbonyl (C=O) groups excluding carboxylic acids is 1. The molecule has 4 heteroatoms. The molecule has 1 aromatic heterocycles. The normalized spacial score (nSPS) is 10.3. The minimum atomic E-state index is -2.56. The molecule has 10 heavy (non-hydrogen) atoms. The zero-order valence-corrected chi connectivity index (χ0v) is 5.00. The van der Waals surface area contributed by atoms with E-state index in [1.54, 1.807) is 0 Å². The van der Waals surface area contributed by atoms with Crippen LogP contribution >= 0.6 is 0 Å². The molecule has 54 valence electrons. The Hall–Kier alpha value is -1.19. The quantitative estimate of drug-likeness (QED) is 0.580. The first-order chi connectivity index (χ1) is 4.74. The maximum absolute atomic E-state index is 11.8. The Morgan fingerprint density at radius 2 is 2.30 bits per heavy atom. The molecule has 0 saturated heterocycles. The van der Waals surface area contributed by atoms with Crippen molar-refractivity contribution in [3.63, 3.8) is 0 Å². The van der Waals surface area contributed by atoms with Gasteiger partial charge in [-0.15, -0.1) is 0 Å². The molecule has 0 aromatic carbocycles. The van der Waals surface area contributed by atoms with Crippen molar-refractivity contribution in [1.29, 1.82) is 0 Å². The molecule has 0 aliphatic carbocycles. The molecule has 0 unspecified atom stereocenters. The van der Waals surface area contributed by atoms with Crippen LogP contribution < -0.4 is 0 Å². The predicted octanol–water partition coefficient (Wildman–Crippen LogP) is 1.70. The summed E-state index contributed by atoms with van der Waals surface area (Å²) in [5, 5.41) is 0. The van der Waals surface area contributed by atoms with Gasteiger partial charge < -0.3 is 0 Å². The van der Waals surface area contributed by atoms with Crippen LogP contribution in [0.25, 0.3) is 0 Å². The van der Waals surface area contributed by atoms with Crippen molar-refractivity contribution in [3.8, 4) is 0 Å². The van der Waals surface area contributed by atoms with E-state index in [1.807, 2.05) is 0 Å². The molecule has 2 nitrogen and oxygen atoms in total. The Morgan fingerprint density at radius 3 is 2.60 bits per heavy atom. The Bertz CT molecular complexity index is 231. The molecule has 0 bridgehead atoms. The summed E-state index contributed by atoms with van der Waals surface area (Å²) >= 11 is 0. The average molecular weight is 145 g/mol. The van der Waals surface area contributed by atoms with Crippen LogP contribution in [-0.4, -0.2) is 10.9 Å². The topological polar surface area (TPSA) is 22.0 Å². The molecule has 0 atom stereocenters. The highest BCUT2D eigenvalue weighted by atomic mass is 19.3. The molecule has 0 spiro atoms. The van der Waals surface area contributed by atoms with E-state index in [0.717, 1.165) is 12.4 Å². The van der Waals surface area contributed by atoms with Gasteiger partial charge in [-0.2, -0.15) is 8.78 Å². The van der Waals surface area contributed by atoms with Crippen molar-refractivity contribution in [2.24, 2.45) is 0 Å². The van der Waals surface area contributed by atoms with Crippen LogP contribution in [0.5, 0.6) is 0 Å². The minimum Gasteiger partial charge on any atom is -0.298 e. The van der Waals surface area contributed by atoms with Crippen molar-refractivity contribution >= 4 is 6.29 Å². The maximum Gasteiger partial charge on any atom is 0.318 e. The largest absolute Gasteiger partial charge is 0.318 e. The molecule has 0 N–H and O–H groups in total. The van der Waals surface area contributed by atoms with Crippen molar-refractivity contribution in [3.05, 3.63) is 24.0 Å². The number of nitrogens with zero attached hydrogens (tertiary/aromatic N) is 1. The molecule has 1 rings (SSSR count). The third kappa shape index (κ3) is 1.21. The Balaban J connectivity index is 2.88. The van der Waals surface area contributed by atoms with E-state index in [1.165, 1.54) is 6.07 Å². The fraction of sp³-hybridized carbons (Fsp3) is 0.167. The van der Waals surface area contributed by atoms with E-state index >= 15 is 0 Å². The van der Waals surface area contributed by atoms with Gasteiger partial charge in [0, 0.05) is 18.0 Å². The third-order valence-corrected chi connectivity index (χ3v) is 1.10. The maximum atomic E-state index is 11.8. The number of rotatable bonds is 2. The monoisotopic (exact) mass is 145 g/mol. The number of hydrogen-bond acceptors (Lipinski definition) is 1. The summed E-state index contributed by atoms with van der Waals surface area (Å²) in [6.45, 7) is -2.56. The lowest BCUT2D eigenvalue weighted by Gasteiger charge is -1.96. The minimum absolute atomic E-state index is 0.264. The number of alkyl halides is 2. The highest BCUT2D eigenvalue weighted by Gasteiger charge is 2.03. The van der Waals surface area contributed by atoms with Gasteiger partial charge in [0.05, 0.1) is 0 Å². The summed E-state index contributed by atoms with van der Waals surface area (Å²) in [7, 11) is 0. The van der Waals surface area contributed by atoms with Crippen molar-refractivity contribution in [1.82, 2.24) is 4.57 Å². The Morgan fingerprint density at radius 1 is 1.60 bits per heavy atom. The number of halogens is 2. The van der Waals surface area contributed by atoms with Gasteiger partial charge in [-0.05, 0) is 6.07 Å². The summed E-state index contributed by atoms with van der Waals surface area (Å²) in [4.78, 5) is 9.98. The number of hydrogen-bond donors (Lipinski definition) is 0. The van der Waals surface area contributed by atoms with Crippen LogP contribution in [0.2, 0.25) is 0 Å². The molecule has 0 saturated carbocycles. The smallest absolute Gasteiger partial charge is 0.298 e. The van der Waals surface area contributed by atoms with Gasteiger partial charge in [-0.3, -0.25) is 9.36 Å². The second-order valence-corrected chi connectivity index (χ2v) is 1.79. The molecule has 0 fully saturated rings. The van der Waals surface area contributed by atoms with E-state index in [9.17, 15) is 13.6 Å². The predicted molar refractivity (Wildman–Crippen MR) is 31.1 cm³/mol. The third-order valence-electron chi connectivity index (χ3n) is 1.10. The van der Waals surface area contributed by atoms with Crippen LogP contribution in [0.1, 0.15) is 16.9 Å². The second kappa shape index (κ2) is 2.60. The highest BCUT2D eigenvalue weighted by molar-refractivity contribution is 5.74. The van der Waals surface area contributed by atoms with Gasteiger partial charge in [0.15, 0.2) is 6.29 Å². The molecular weight excluding hydrogens is 140 g/mol. The lowest BCUT2D eigenvalue weighted by molar-refractivity contribution is 0.0706. The van der Waals surface area contributed by atoms with Crippen molar-refractivity contribution in [2.75, 3.05) is 0 Å². The first kappa shape index (κ1) is 6.92. The zero-order chi connectivity index (χ0) is 7.56. The van der Waals surface area contributed by atoms with Gasteiger partial charge in [0.2, 0.25) is 0 Å². The first-order valence-electron chi connectivity index (χ1n) is 2.65. The van der Waals surface area contributed by atoms with E-state index in [2.05, 4.69) is 0 Å². The van der Waals surface area contributed by atoms with Crippen molar-refractivity contribution in [2.45, 2.75) is 6.55 Å². The summed E-state index contributed by atoms with van der Waals surface area (Å²) in [5.41, 5.74) is 0.264. The molecule has 1 aromatic rings. The van der Waals surface area contributed by atoms with Crippen LogP contribution in [-0.2, 0) is 0 Å². The first-order valence-corrected chi connectivity index (χ1v) is 2.65. The lowest BCUT2D eigenvalue weighted by atomic mass is 10.4. The zero-order valence-electron chi connectivity index (χ0n) is 5.00. The van der Waals surface area contributed by atoms with Crippen LogP contribution in [0.15, 0.2) is 18.5 Å². The van der Waals surface area contributed by atoms with Crippen molar-refractivity contribution < 1.29 is 13.6 Å². The van der Waals surface area contributed by atoms with Gasteiger partial charge in [-0.25, -0.2) is 0 Å². The van der Waals surface area contributed by atoms with E-state index in [-0.39, 0.29) is 5.56 Å². The van der Waals surface area contributed by atoms with Gasteiger partial charge in [0.25, 0.3) is 0 Å². The van der Waals surface area contributed by atoms with Gasteiger partial charge >= 0.3 is 6.55 Å². The lowest BCUT2D eigenvalue weighted by Crippen LogP contribution is -1.92. The molecule has 1 heterocycles. The standard InChI is InChI=1S/C6H5F2NO/c7-6(8)9-2-1-5(3-9)4-10/h1-4,6H. The summed E-state index contributed by atoms with van der Waals surface area (Å²) < 4.78 is 24.2. The van der Waals surface area contributed by atoms with E-state index < -0.39 is 6.55 Å². The van der Waals surface area contributed by atoms with Gasteiger partial charge in [-0.1, -0.05) is 0 Å². The summed E-state index contributed by atoms with van der Waals surface area (Å²) in [6, 6.07) is 1.33. The SMILES string of the molecule is O=Cc1ccn(C(F)F)c1. The van der Waals surface area contributed by atoms with Crippen LogP contribution in [0.4, 0.5) is 8.78 Å². The summed E-state index contributed by atoms with van der Waals surface area (Å²) in [6.07, 6.45) is 2.78. The average Bonchev–Trinajstić information content (AvgIpc) is 2.34. The molecule has 0 radical (unpaired) electrons. The van der Waals surface area contributed by atoms with Crippen LogP contribution in [0, 0.1) is 0 Å². The molecule has 0 aliphatic rings. The Kier molecular flexibility index (Phi) is 1.80. The Labute approximate surface area is 56.1 Å². The van der Waals surface area contributed by atoms with E-state index in [0.29, 0.717) is 10.9 Å². The number of carbonyl (C=O) groups is 1. The van der Waals surface area contributed by atoms with Crippen LogP contribution in [0.3, 0.4) is 0 Å². The van der Waals surface area contributed by atoms with E-state index in [4.69, 9.17) is 0 Å². The fourth-order valence-electron chi connectivity index (χ4n) is 0.621. The summed E-state index contributed by atoms with van der Waals surface area (Å²) in [5.74, 6) is 0.